The summed E-state index contributed by atoms with van der Waals surface area (Å²) in [6, 6.07) is 1.41. The molecule has 0 N–H and O–H groups in total. The van der Waals surface area contributed by atoms with E-state index in [9.17, 15) is 9.59 Å². The second-order valence-corrected chi connectivity index (χ2v) is 8.25. The van der Waals surface area contributed by atoms with Crippen LogP contribution in [-0.4, -0.2) is 38.7 Å². The summed E-state index contributed by atoms with van der Waals surface area (Å²) >= 11 is 18.7. The number of esters is 1. The van der Waals surface area contributed by atoms with Crippen molar-refractivity contribution in [3.05, 3.63) is 23.5 Å². The molecule has 1 aromatic rings. The van der Waals surface area contributed by atoms with Crippen LogP contribution < -0.4 is 0 Å². The van der Waals surface area contributed by atoms with Gasteiger partial charge in [0.1, 0.15) is 5.69 Å². The second-order valence-electron chi connectivity index (χ2n) is 4.81. The van der Waals surface area contributed by atoms with Crippen LogP contribution in [-0.2, 0) is 11.3 Å². The molecule has 1 unspecified atom stereocenters. The van der Waals surface area contributed by atoms with E-state index in [1.165, 1.54) is 13.2 Å². The molecule has 2 heterocycles. The maximum Gasteiger partial charge on any atom is 0.354 e. The number of ketones is 1. The molecule has 8 heteroatoms. The number of alkyl halides is 3. The van der Waals surface area contributed by atoms with Gasteiger partial charge < -0.3 is 9.30 Å². The van der Waals surface area contributed by atoms with Crippen molar-refractivity contribution in [3.63, 3.8) is 0 Å². The Bertz CT molecular complexity index is 547. The summed E-state index contributed by atoms with van der Waals surface area (Å²) in [6.07, 6.45) is 2.64. The normalized spacial score (nSPS) is 18.8. The number of rotatable bonds is 4. The van der Waals surface area contributed by atoms with Crippen molar-refractivity contribution in [3.8, 4) is 0 Å². The monoisotopic (exact) mass is 369 g/mol. The molecule has 116 valence electrons. The summed E-state index contributed by atoms with van der Waals surface area (Å²) in [5.74, 6) is 1.44. The highest BCUT2D eigenvalue weighted by Gasteiger charge is 2.33. The van der Waals surface area contributed by atoms with Gasteiger partial charge in [0.2, 0.25) is 5.78 Å². The average molecular weight is 371 g/mol. The van der Waals surface area contributed by atoms with E-state index in [-0.39, 0.29) is 5.56 Å². The molecule has 0 saturated carbocycles. The Morgan fingerprint density at radius 2 is 2.19 bits per heavy atom. The highest BCUT2D eigenvalue weighted by Crippen LogP contribution is 2.32. The summed E-state index contributed by atoms with van der Waals surface area (Å²) in [4.78, 5) is 23.8. The third kappa shape index (κ3) is 4.09. The Morgan fingerprint density at radius 1 is 1.48 bits per heavy atom. The Hall–Kier alpha value is -0.360. The first kappa shape index (κ1) is 17.0. The van der Waals surface area contributed by atoms with Crippen LogP contribution in [0.5, 0.6) is 0 Å². The van der Waals surface area contributed by atoms with Crippen molar-refractivity contribution in [1.82, 2.24) is 4.57 Å². The minimum absolute atomic E-state index is 0.195. The number of nitrogens with zero attached hydrogens (tertiary/aromatic N) is 1. The molecule has 0 amide bonds. The molecule has 0 aromatic carbocycles. The number of thioether (sulfide) groups is 1. The largest absolute Gasteiger partial charge is 0.464 e. The van der Waals surface area contributed by atoms with Gasteiger partial charge in [0, 0.05) is 18.3 Å². The van der Waals surface area contributed by atoms with Crippen molar-refractivity contribution < 1.29 is 14.3 Å². The highest BCUT2D eigenvalue weighted by atomic mass is 35.6. The highest BCUT2D eigenvalue weighted by molar-refractivity contribution is 7.99. The van der Waals surface area contributed by atoms with Gasteiger partial charge >= 0.3 is 5.97 Å². The molecule has 0 spiro atoms. The van der Waals surface area contributed by atoms with E-state index in [4.69, 9.17) is 39.5 Å². The van der Waals surface area contributed by atoms with E-state index in [0.717, 1.165) is 17.9 Å². The van der Waals surface area contributed by atoms with Gasteiger partial charge in [0.05, 0.1) is 7.11 Å². The lowest BCUT2D eigenvalue weighted by molar-refractivity contribution is 0.0587. The number of halogens is 3. The molecule has 1 aliphatic heterocycles. The first-order chi connectivity index (χ1) is 9.82. The topological polar surface area (TPSA) is 48.3 Å². The molecule has 21 heavy (non-hydrogen) atoms. The summed E-state index contributed by atoms with van der Waals surface area (Å²) in [6.45, 7) is 0.643. The first-order valence-corrected chi connectivity index (χ1v) is 8.59. The van der Waals surface area contributed by atoms with Gasteiger partial charge in [-0.1, -0.05) is 34.8 Å². The van der Waals surface area contributed by atoms with E-state index in [0.29, 0.717) is 18.2 Å². The first-order valence-electron chi connectivity index (χ1n) is 6.30. The van der Waals surface area contributed by atoms with Gasteiger partial charge in [-0.3, -0.25) is 4.79 Å². The van der Waals surface area contributed by atoms with Crippen LogP contribution in [0.2, 0.25) is 0 Å². The maximum absolute atomic E-state index is 12.0. The SMILES string of the molecule is COC(=O)c1cc(C(=O)C(Cl)(Cl)Cl)cn1CC1CCSC1. The Morgan fingerprint density at radius 3 is 2.71 bits per heavy atom. The number of methoxy groups -OCH3 is 1. The predicted molar refractivity (Wildman–Crippen MR) is 85.8 cm³/mol. The molecule has 0 radical (unpaired) electrons. The molecule has 0 aliphatic carbocycles. The quantitative estimate of drug-likeness (QED) is 0.462. The molecule has 4 nitrogen and oxygen atoms in total. The average Bonchev–Trinajstić information content (AvgIpc) is 3.06. The van der Waals surface area contributed by atoms with E-state index < -0.39 is 15.5 Å². The Balaban J connectivity index is 2.30. The van der Waals surface area contributed by atoms with Crippen LogP contribution in [0.15, 0.2) is 12.3 Å². The minimum Gasteiger partial charge on any atom is -0.464 e. The molecule has 1 fully saturated rings. The van der Waals surface area contributed by atoms with Crippen LogP contribution in [0.1, 0.15) is 27.3 Å². The fourth-order valence-electron chi connectivity index (χ4n) is 2.23. The van der Waals surface area contributed by atoms with E-state index in [1.807, 2.05) is 11.8 Å². The lowest BCUT2D eigenvalue weighted by atomic mass is 10.1. The molecule has 1 aliphatic rings. The maximum atomic E-state index is 12.0. The third-order valence-electron chi connectivity index (χ3n) is 3.29. The van der Waals surface area contributed by atoms with Crippen LogP contribution in [0.4, 0.5) is 0 Å². The fraction of sp³-hybridized carbons (Fsp3) is 0.538. The van der Waals surface area contributed by atoms with Crippen LogP contribution >= 0.6 is 46.6 Å². The zero-order valence-corrected chi connectivity index (χ0v) is 14.4. The molecule has 2 rings (SSSR count). The van der Waals surface area contributed by atoms with Crippen molar-refractivity contribution in [2.45, 2.75) is 16.8 Å². The molecule has 1 atom stereocenters. The molecule has 1 saturated heterocycles. The van der Waals surface area contributed by atoms with Crippen molar-refractivity contribution in [2.75, 3.05) is 18.6 Å². The third-order valence-corrected chi connectivity index (χ3v) is 5.04. The summed E-state index contributed by atoms with van der Waals surface area (Å²) in [5.41, 5.74) is 0.494. The van der Waals surface area contributed by atoms with Crippen molar-refractivity contribution in [1.29, 1.82) is 0 Å². The molecular weight excluding hydrogens is 357 g/mol. The zero-order valence-electron chi connectivity index (χ0n) is 11.3. The predicted octanol–water partition coefficient (Wildman–Crippen LogP) is 3.58. The Kier molecular flexibility index (Phi) is 5.52. The van der Waals surface area contributed by atoms with Crippen LogP contribution in [0.25, 0.3) is 0 Å². The zero-order chi connectivity index (χ0) is 15.6. The van der Waals surface area contributed by atoms with Crippen molar-refractivity contribution in [2.24, 2.45) is 5.92 Å². The standard InChI is InChI=1S/C13H14Cl3NO3S/c1-20-12(19)10-4-9(11(18)13(14,15)16)6-17(10)5-8-2-3-21-7-8/h4,6,8H,2-3,5,7H2,1H3. The summed E-state index contributed by atoms with van der Waals surface area (Å²) in [7, 11) is 1.29. The van der Waals surface area contributed by atoms with Crippen LogP contribution in [0.3, 0.4) is 0 Å². The van der Waals surface area contributed by atoms with E-state index >= 15 is 0 Å². The van der Waals surface area contributed by atoms with E-state index in [2.05, 4.69) is 0 Å². The molecule has 1 aromatic heterocycles. The van der Waals surface area contributed by atoms with Gasteiger partial charge in [-0.25, -0.2) is 4.79 Å². The molecule has 0 bridgehead atoms. The van der Waals surface area contributed by atoms with Gasteiger partial charge in [-0.2, -0.15) is 11.8 Å². The molecular formula is C13H14Cl3NO3S. The van der Waals surface area contributed by atoms with Crippen molar-refractivity contribution >= 4 is 58.3 Å². The number of carbonyl (C=O) groups is 2. The summed E-state index contributed by atoms with van der Waals surface area (Å²) < 4.78 is 4.42. The van der Waals surface area contributed by atoms with Gasteiger partial charge in [-0.05, 0) is 29.9 Å². The van der Waals surface area contributed by atoms with Gasteiger partial charge in [0.15, 0.2) is 0 Å². The van der Waals surface area contributed by atoms with E-state index in [1.54, 1.807) is 10.8 Å². The van der Waals surface area contributed by atoms with Crippen LogP contribution in [0, 0.1) is 5.92 Å². The lowest BCUT2D eigenvalue weighted by Gasteiger charge is -2.12. The number of Topliss-reactive ketones (excluding diaryl/α,β-unsaturated/α-hetero) is 1. The number of hydrogen-bond donors (Lipinski definition) is 0. The fourth-order valence-corrected chi connectivity index (χ4v) is 3.83. The second kappa shape index (κ2) is 6.82. The number of ether oxygens (including phenoxy) is 1. The summed E-state index contributed by atoms with van der Waals surface area (Å²) in [5, 5.41) is 0. The number of hydrogen-bond acceptors (Lipinski definition) is 4. The Labute approximate surface area is 142 Å². The smallest absolute Gasteiger partial charge is 0.354 e. The van der Waals surface area contributed by atoms with Gasteiger partial charge in [0.25, 0.3) is 3.79 Å². The van der Waals surface area contributed by atoms with Gasteiger partial charge in [-0.15, -0.1) is 0 Å². The number of aromatic nitrogens is 1. The minimum atomic E-state index is -2.04. The lowest BCUT2D eigenvalue weighted by Crippen LogP contribution is -2.18. The number of carbonyl (C=O) groups excluding carboxylic acids is 2.